The van der Waals surface area contributed by atoms with Gasteiger partial charge in [0.25, 0.3) is 0 Å². The fraction of sp³-hybridized carbons (Fsp3) is 0.333. The third kappa shape index (κ3) is 5.20. The van der Waals surface area contributed by atoms with E-state index in [0.29, 0.717) is 29.4 Å². The van der Waals surface area contributed by atoms with Gasteiger partial charge in [0.15, 0.2) is 6.61 Å². The zero-order valence-corrected chi connectivity index (χ0v) is 17.7. The lowest BCUT2D eigenvalue weighted by Crippen LogP contribution is -2.15. The van der Waals surface area contributed by atoms with Crippen LogP contribution < -0.4 is 15.1 Å². The van der Waals surface area contributed by atoms with Crippen LogP contribution in [-0.4, -0.2) is 19.2 Å². The summed E-state index contributed by atoms with van der Waals surface area (Å²) in [4.78, 5) is 24.1. The smallest absolute Gasteiger partial charge is 0.344 e. The molecule has 0 radical (unpaired) electrons. The summed E-state index contributed by atoms with van der Waals surface area (Å²) < 4.78 is 21.5. The van der Waals surface area contributed by atoms with Gasteiger partial charge in [-0.2, -0.15) is 0 Å². The summed E-state index contributed by atoms with van der Waals surface area (Å²) in [6.07, 6.45) is 0. The average Bonchev–Trinajstić information content (AvgIpc) is 2.70. The molecule has 1 aromatic heterocycles. The van der Waals surface area contributed by atoms with Crippen molar-refractivity contribution in [2.75, 3.05) is 13.2 Å². The summed E-state index contributed by atoms with van der Waals surface area (Å²) in [7, 11) is 0. The first-order chi connectivity index (χ1) is 14.4. The predicted octanol–water partition coefficient (Wildman–Crippen LogP) is 4.75. The molecule has 158 valence electrons. The second-order valence-electron chi connectivity index (χ2n) is 7.30. The van der Waals surface area contributed by atoms with E-state index < -0.39 is 11.6 Å². The van der Waals surface area contributed by atoms with Crippen LogP contribution in [0.25, 0.3) is 11.0 Å². The van der Waals surface area contributed by atoms with Crippen molar-refractivity contribution in [2.45, 2.75) is 40.2 Å². The number of benzene rings is 2. The van der Waals surface area contributed by atoms with Crippen LogP contribution in [0.1, 0.15) is 43.4 Å². The molecule has 0 aliphatic rings. The van der Waals surface area contributed by atoms with Crippen LogP contribution in [0.4, 0.5) is 0 Å². The SMILES string of the molecule is CCOc1ccc(OCC(=O)OCc2cc(=O)oc3cc(C)c(C(C)C)cc23)cc1. The Balaban J connectivity index is 1.67. The maximum Gasteiger partial charge on any atom is 0.344 e. The minimum absolute atomic E-state index is 0.0336. The lowest BCUT2D eigenvalue weighted by molar-refractivity contribution is -0.147. The highest BCUT2D eigenvalue weighted by molar-refractivity contribution is 5.82. The number of esters is 1. The van der Waals surface area contributed by atoms with Crippen molar-refractivity contribution >= 4 is 16.9 Å². The lowest BCUT2D eigenvalue weighted by Gasteiger charge is -2.13. The Morgan fingerprint density at radius 2 is 1.70 bits per heavy atom. The minimum atomic E-state index is -0.526. The number of fused-ring (bicyclic) bond motifs is 1. The van der Waals surface area contributed by atoms with Gasteiger partial charge in [0, 0.05) is 17.0 Å². The number of carbonyl (C=O) groups is 1. The van der Waals surface area contributed by atoms with Crippen molar-refractivity contribution in [1.29, 1.82) is 0 Å². The van der Waals surface area contributed by atoms with E-state index >= 15 is 0 Å². The van der Waals surface area contributed by atoms with Gasteiger partial charge in [0.1, 0.15) is 23.7 Å². The topological polar surface area (TPSA) is 75.0 Å². The predicted molar refractivity (Wildman–Crippen MR) is 114 cm³/mol. The molecule has 30 heavy (non-hydrogen) atoms. The molecule has 6 nitrogen and oxygen atoms in total. The summed E-state index contributed by atoms with van der Waals surface area (Å²) in [6.45, 7) is 8.41. The Morgan fingerprint density at radius 3 is 2.33 bits per heavy atom. The first-order valence-electron chi connectivity index (χ1n) is 9.96. The van der Waals surface area contributed by atoms with Crippen LogP contribution in [0.5, 0.6) is 11.5 Å². The second kappa shape index (κ2) is 9.48. The molecule has 0 N–H and O–H groups in total. The van der Waals surface area contributed by atoms with Crippen molar-refractivity contribution < 1.29 is 23.4 Å². The molecule has 0 fully saturated rings. The van der Waals surface area contributed by atoms with E-state index in [4.69, 9.17) is 18.6 Å². The number of rotatable bonds is 8. The highest BCUT2D eigenvalue weighted by Crippen LogP contribution is 2.27. The largest absolute Gasteiger partial charge is 0.494 e. The summed E-state index contributed by atoms with van der Waals surface area (Å²) in [5.41, 5.74) is 2.83. The molecule has 0 bridgehead atoms. The van der Waals surface area contributed by atoms with Gasteiger partial charge in [-0.15, -0.1) is 0 Å². The molecule has 0 atom stereocenters. The van der Waals surface area contributed by atoms with E-state index in [1.54, 1.807) is 24.3 Å². The summed E-state index contributed by atoms with van der Waals surface area (Å²) >= 11 is 0. The van der Waals surface area contributed by atoms with Gasteiger partial charge in [-0.3, -0.25) is 0 Å². The van der Waals surface area contributed by atoms with Crippen LogP contribution in [0.2, 0.25) is 0 Å². The molecule has 0 spiro atoms. The van der Waals surface area contributed by atoms with Crippen LogP contribution in [-0.2, 0) is 16.1 Å². The third-order valence-electron chi connectivity index (χ3n) is 4.72. The molecule has 0 saturated carbocycles. The van der Waals surface area contributed by atoms with Gasteiger partial charge >= 0.3 is 11.6 Å². The van der Waals surface area contributed by atoms with E-state index in [1.165, 1.54) is 6.07 Å². The van der Waals surface area contributed by atoms with Crippen molar-refractivity contribution in [3.8, 4) is 11.5 Å². The Labute approximate surface area is 175 Å². The molecule has 6 heteroatoms. The highest BCUT2D eigenvalue weighted by atomic mass is 16.6. The van der Waals surface area contributed by atoms with Crippen molar-refractivity contribution in [3.05, 3.63) is 69.6 Å². The number of hydrogen-bond acceptors (Lipinski definition) is 6. The number of hydrogen-bond donors (Lipinski definition) is 0. The summed E-state index contributed by atoms with van der Waals surface area (Å²) in [6, 6.07) is 12.2. The number of carbonyl (C=O) groups excluding carboxylic acids is 1. The first kappa shape index (κ1) is 21.4. The van der Waals surface area contributed by atoms with Gasteiger partial charge in [0.2, 0.25) is 0 Å². The molecule has 3 rings (SSSR count). The van der Waals surface area contributed by atoms with Crippen LogP contribution in [0, 0.1) is 6.92 Å². The third-order valence-corrected chi connectivity index (χ3v) is 4.72. The highest BCUT2D eigenvalue weighted by Gasteiger charge is 2.13. The fourth-order valence-electron chi connectivity index (χ4n) is 3.27. The Morgan fingerprint density at radius 1 is 1.03 bits per heavy atom. The number of aryl methyl sites for hydroxylation is 1. The van der Waals surface area contributed by atoms with Crippen molar-refractivity contribution in [1.82, 2.24) is 0 Å². The monoisotopic (exact) mass is 410 g/mol. The maximum atomic E-state index is 12.1. The molecule has 0 aliphatic heterocycles. The average molecular weight is 410 g/mol. The van der Waals surface area contributed by atoms with Gasteiger partial charge in [-0.1, -0.05) is 13.8 Å². The van der Waals surface area contributed by atoms with E-state index in [-0.39, 0.29) is 13.2 Å². The molecule has 1 heterocycles. The standard InChI is InChI=1S/C24H26O6/c1-5-27-18-6-8-19(9-7-18)28-14-24(26)29-13-17-11-23(25)30-22-10-16(4)20(15(2)3)12-21(17)22/h6-12,15H,5,13-14H2,1-4H3. The Bertz CT molecular complexity index is 1080. The van der Waals surface area contributed by atoms with Crippen LogP contribution in [0.15, 0.2) is 51.7 Å². The van der Waals surface area contributed by atoms with Crippen molar-refractivity contribution in [2.24, 2.45) is 0 Å². The van der Waals surface area contributed by atoms with Crippen LogP contribution >= 0.6 is 0 Å². The lowest BCUT2D eigenvalue weighted by atomic mass is 9.95. The molecular weight excluding hydrogens is 384 g/mol. The maximum absolute atomic E-state index is 12.1. The Hall–Kier alpha value is -3.28. The molecule has 0 aliphatic carbocycles. The molecule has 3 aromatic rings. The second-order valence-corrected chi connectivity index (χ2v) is 7.30. The summed E-state index contributed by atoms with van der Waals surface area (Å²) in [5.74, 6) is 1.07. The molecule has 0 saturated heterocycles. The quantitative estimate of drug-likeness (QED) is 0.394. The van der Waals surface area contributed by atoms with E-state index in [0.717, 1.165) is 22.3 Å². The first-order valence-corrected chi connectivity index (χ1v) is 9.96. The Kier molecular flexibility index (Phi) is 6.77. The molecule has 0 amide bonds. The van der Waals surface area contributed by atoms with Crippen LogP contribution in [0.3, 0.4) is 0 Å². The zero-order chi connectivity index (χ0) is 21.7. The van der Waals surface area contributed by atoms with E-state index in [2.05, 4.69) is 13.8 Å². The van der Waals surface area contributed by atoms with Gasteiger partial charge < -0.3 is 18.6 Å². The van der Waals surface area contributed by atoms with Gasteiger partial charge in [-0.05, 0) is 67.3 Å². The van der Waals surface area contributed by atoms with Gasteiger partial charge in [-0.25, -0.2) is 9.59 Å². The van der Waals surface area contributed by atoms with Gasteiger partial charge in [0.05, 0.1) is 6.61 Å². The molecule has 2 aromatic carbocycles. The summed E-state index contributed by atoms with van der Waals surface area (Å²) in [5, 5.41) is 0.768. The van der Waals surface area contributed by atoms with Crippen molar-refractivity contribution in [3.63, 3.8) is 0 Å². The zero-order valence-electron chi connectivity index (χ0n) is 17.7. The molecular formula is C24H26O6. The minimum Gasteiger partial charge on any atom is -0.494 e. The normalized spacial score (nSPS) is 11.0. The number of ether oxygens (including phenoxy) is 3. The van der Waals surface area contributed by atoms with E-state index in [1.807, 2.05) is 26.0 Å². The van der Waals surface area contributed by atoms with E-state index in [9.17, 15) is 9.59 Å². The molecule has 0 unspecified atom stereocenters. The fourth-order valence-corrected chi connectivity index (χ4v) is 3.27.